The Labute approximate surface area is 117 Å². The van der Waals surface area contributed by atoms with Crippen molar-refractivity contribution in [2.45, 2.75) is 32.4 Å². The minimum atomic E-state index is -0.350. The van der Waals surface area contributed by atoms with Crippen LogP contribution in [-0.2, 0) is 16.1 Å². The molecule has 0 N–H and O–H groups in total. The van der Waals surface area contributed by atoms with Crippen molar-refractivity contribution in [2.75, 3.05) is 13.2 Å². The topological polar surface area (TPSA) is 29.5 Å². The quantitative estimate of drug-likeness (QED) is 0.797. The summed E-state index contributed by atoms with van der Waals surface area (Å²) in [5.74, 6) is -0.532. The third kappa shape index (κ3) is 3.45. The van der Waals surface area contributed by atoms with Crippen molar-refractivity contribution in [2.24, 2.45) is 0 Å². The Morgan fingerprint density at radius 1 is 1.58 bits per heavy atom. The largest absolute Gasteiger partial charge is 0.465 e. The Balaban J connectivity index is 2.07. The van der Waals surface area contributed by atoms with Crippen molar-refractivity contribution >= 4 is 17.6 Å². The van der Waals surface area contributed by atoms with Crippen molar-refractivity contribution in [1.82, 2.24) is 4.90 Å². The predicted octanol–water partition coefficient (Wildman–Crippen LogP) is 3.01. The number of ether oxygens (including phenoxy) is 1. The van der Waals surface area contributed by atoms with Crippen molar-refractivity contribution < 1.29 is 13.9 Å². The van der Waals surface area contributed by atoms with E-state index in [9.17, 15) is 9.18 Å². The lowest BCUT2D eigenvalue weighted by molar-refractivity contribution is -0.148. The van der Waals surface area contributed by atoms with Gasteiger partial charge in [-0.1, -0.05) is 17.7 Å². The zero-order valence-corrected chi connectivity index (χ0v) is 11.6. The molecule has 5 heteroatoms. The number of carbonyl (C=O) groups excluding carboxylic acids is 1. The molecule has 1 saturated heterocycles. The average Bonchev–Trinajstić information content (AvgIpc) is 2.81. The van der Waals surface area contributed by atoms with Gasteiger partial charge in [-0.25, -0.2) is 4.39 Å². The van der Waals surface area contributed by atoms with E-state index in [4.69, 9.17) is 16.3 Å². The molecular formula is C14H17ClFNO2. The van der Waals surface area contributed by atoms with Gasteiger partial charge in [-0.15, -0.1) is 0 Å². The molecule has 0 amide bonds. The van der Waals surface area contributed by atoms with Gasteiger partial charge >= 0.3 is 5.97 Å². The third-order valence-corrected chi connectivity index (χ3v) is 3.66. The van der Waals surface area contributed by atoms with Crippen molar-refractivity contribution in [1.29, 1.82) is 0 Å². The molecular weight excluding hydrogens is 269 g/mol. The molecule has 1 atom stereocenters. The lowest BCUT2D eigenvalue weighted by Crippen LogP contribution is -2.36. The van der Waals surface area contributed by atoms with Crippen LogP contribution in [0.3, 0.4) is 0 Å². The summed E-state index contributed by atoms with van der Waals surface area (Å²) in [6.07, 6.45) is 1.76. The lowest BCUT2D eigenvalue weighted by atomic mass is 10.2. The first-order valence-corrected chi connectivity index (χ1v) is 6.84. The van der Waals surface area contributed by atoms with Crippen LogP contribution in [0.25, 0.3) is 0 Å². The Morgan fingerprint density at radius 3 is 3.05 bits per heavy atom. The lowest BCUT2D eigenvalue weighted by Gasteiger charge is -2.23. The molecule has 104 valence electrons. The number of benzene rings is 1. The van der Waals surface area contributed by atoms with E-state index in [0.717, 1.165) is 24.9 Å². The molecule has 1 fully saturated rings. The summed E-state index contributed by atoms with van der Waals surface area (Å²) in [4.78, 5) is 13.9. The van der Waals surface area contributed by atoms with Crippen LogP contribution in [-0.4, -0.2) is 30.1 Å². The Bertz CT molecular complexity index is 467. The van der Waals surface area contributed by atoms with Crippen molar-refractivity contribution in [3.63, 3.8) is 0 Å². The highest BCUT2D eigenvalue weighted by molar-refractivity contribution is 6.31. The molecule has 1 heterocycles. The number of esters is 1. The van der Waals surface area contributed by atoms with Crippen LogP contribution in [0.15, 0.2) is 18.2 Å². The van der Waals surface area contributed by atoms with Crippen molar-refractivity contribution in [3.8, 4) is 0 Å². The normalized spacial score (nSPS) is 19.6. The summed E-state index contributed by atoms with van der Waals surface area (Å²) in [5, 5.41) is 0.398. The van der Waals surface area contributed by atoms with E-state index in [0.29, 0.717) is 18.2 Å². The van der Waals surface area contributed by atoms with Gasteiger partial charge in [-0.05, 0) is 44.0 Å². The molecule has 3 nitrogen and oxygen atoms in total. The second kappa shape index (κ2) is 6.35. The molecule has 1 aliphatic rings. The molecule has 1 aromatic rings. The van der Waals surface area contributed by atoms with Crippen LogP contribution in [0.4, 0.5) is 4.39 Å². The third-order valence-electron chi connectivity index (χ3n) is 3.31. The maximum Gasteiger partial charge on any atom is 0.323 e. The average molecular weight is 286 g/mol. The number of hydrogen-bond acceptors (Lipinski definition) is 3. The zero-order valence-electron chi connectivity index (χ0n) is 10.9. The minimum absolute atomic E-state index is 0.182. The van der Waals surface area contributed by atoms with E-state index in [2.05, 4.69) is 0 Å². The van der Waals surface area contributed by atoms with Crippen LogP contribution in [0.1, 0.15) is 25.3 Å². The number of nitrogens with zero attached hydrogens (tertiary/aromatic N) is 1. The van der Waals surface area contributed by atoms with Crippen LogP contribution in [0.2, 0.25) is 5.02 Å². The summed E-state index contributed by atoms with van der Waals surface area (Å²) < 4.78 is 18.1. The van der Waals surface area contributed by atoms with Crippen LogP contribution in [0, 0.1) is 5.82 Å². The zero-order chi connectivity index (χ0) is 13.8. The van der Waals surface area contributed by atoms with Crippen molar-refractivity contribution in [3.05, 3.63) is 34.6 Å². The van der Waals surface area contributed by atoms with Gasteiger partial charge in [0.2, 0.25) is 0 Å². The van der Waals surface area contributed by atoms with Gasteiger partial charge in [0, 0.05) is 11.6 Å². The van der Waals surface area contributed by atoms with E-state index in [1.807, 2.05) is 4.90 Å². The second-order valence-corrected chi connectivity index (χ2v) is 5.02. The molecule has 0 aromatic heterocycles. The minimum Gasteiger partial charge on any atom is -0.465 e. The first-order valence-electron chi connectivity index (χ1n) is 6.46. The van der Waals surface area contributed by atoms with E-state index in [-0.39, 0.29) is 17.8 Å². The van der Waals surface area contributed by atoms with Gasteiger partial charge in [0.05, 0.1) is 6.61 Å². The molecule has 19 heavy (non-hydrogen) atoms. The first-order chi connectivity index (χ1) is 9.11. The van der Waals surface area contributed by atoms with Crippen LogP contribution in [0.5, 0.6) is 0 Å². The van der Waals surface area contributed by atoms with Crippen LogP contribution >= 0.6 is 11.6 Å². The van der Waals surface area contributed by atoms with Gasteiger partial charge in [-0.3, -0.25) is 9.69 Å². The molecule has 1 unspecified atom stereocenters. The monoisotopic (exact) mass is 285 g/mol. The molecule has 0 spiro atoms. The van der Waals surface area contributed by atoms with E-state index in [1.165, 1.54) is 12.1 Å². The maximum atomic E-state index is 13.0. The highest BCUT2D eigenvalue weighted by atomic mass is 35.5. The highest BCUT2D eigenvalue weighted by Gasteiger charge is 2.31. The smallest absolute Gasteiger partial charge is 0.323 e. The fraction of sp³-hybridized carbons (Fsp3) is 0.500. The van der Waals surface area contributed by atoms with Gasteiger partial charge in [0.1, 0.15) is 11.9 Å². The highest BCUT2D eigenvalue weighted by Crippen LogP contribution is 2.25. The number of rotatable bonds is 4. The van der Waals surface area contributed by atoms with E-state index < -0.39 is 0 Å². The fourth-order valence-corrected chi connectivity index (χ4v) is 2.62. The molecule has 0 aliphatic carbocycles. The Morgan fingerprint density at radius 2 is 2.37 bits per heavy atom. The number of hydrogen-bond donors (Lipinski definition) is 0. The summed E-state index contributed by atoms with van der Waals surface area (Å²) in [6, 6.07) is 4.14. The molecule has 0 saturated carbocycles. The number of carbonyl (C=O) groups is 1. The fourth-order valence-electron chi connectivity index (χ4n) is 2.39. The summed E-state index contributed by atoms with van der Waals surface area (Å²) in [5.41, 5.74) is 0.833. The summed E-state index contributed by atoms with van der Waals surface area (Å²) in [7, 11) is 0. The molecule has 2 rings (SSSR count). The summed E-state index contributed by atoms with van der Waals surface area (Å²) in [6.45, 7) is 3.56. The van der Waals surface area contributed by atoms with E-state index >= 15 is 0 Å². The van der Waals surface area contributed by atoms with Gasteiger partial charge in [-0.2, -0.15) is 0 Å². The number of halogens is 2. The first kappa shape index (κ1) is 14.3. The molecule has 0 bridgehead atoms. The van der Waals surface area contributed by atoms with Gasteiger partial charge < -0.3 is 4.74 Å². The van der Waals surface area contributed by atoms with Gasteiger partial charge in [0.25, 0.3) is 0 Å². The Kier molecular flexibility index (Phi) is 4.77. The standard InChI is InChI=1S/C14H17ClFNO2/c1-2-19-14(18)13-4-3-7-17(13)9-10-5-6-11(16)8-12(10)15/h5-6,8,13H,2-4,7,9H2,1H3. The van der Waals surface area contributed by atoms with Gasteiger partial charge in [0.15, 0.2) is 0 Å². The number of likely N-dealkylation sites (tertiary alicyclic amines) is 1. The van der Waals surface area contributed by atoms with E-state index in [1.54, 1.807) is 13.0 Å². The summed E-state index contributed by atoms with van der Waals surface area (Å²) >= 11 is 6.01. The predicted molar refractivity (Wildman–Crippen MR) is 71.5 cm³/mol. The SMILES string of the molecule is CCOC(=O)C1CCCN1Cc1ccc(F)cc1Cl. The molecule has 1 aliphatic heterocycles. The van der Waals surface area contributed by atoms with Crippen LogP contribution < -0.4 is 0 Å². The molecule has 1 aromatic carbocycles. The maximum absolute atomic E-state index is 13.0. The molecule has 0 radical (unpaired) electrons. The second-order valence-electron chi connectivity index (χ2n) is 4.62. The Hall–Kier alpha value is -1.13.